The number of carboxylic acids is 2. The first-order valence-corrected chi connectivity index (χ1v) is 6.06. The summed E-state index contributed by atoms with van der Waals surface area (Å²) in [5.41, 5.74) is 0. The lowest BCUT2D eigenvalue weighted by molar-refractivity contribution is -0.142. The van der Waals surface area contributed by atoms with Crippen molar-refractivity contribution in [2.75, 3.05) is 5.75 Å². The maximum Gasteiger partial charge on any atom is 0.316 e. The van der Waals surface area contributed by atoms with Gasteiger partial charge in [0.2, 0.25) is 0 Å². The third-order valence-corrected chi connectivity index (χ3v) is 4.01. The van der Waals surface area contributed by atoms with E-state index in [2.05, 4.69) is 0 Å². The van der Waals surface area contributed by atoms with Gasteiger partial charge < -0.3 is 10.2 Å². The largest absolute Gasteiger partial charge is 0.481 e. The molecule has 1 saturated carbocycles. The fourth-order valence-corrected chi connectivity index (χ4v) is 2.63. The normalized spacial score (nSPS) is 26.7. The van der Waals surface area contributed by atoms with Gasteiger partial charge in [-0.25, -0.2) is 0 Å². The van der Waals surface area contributed by atoms with Gasteiger partial charge in [-0.2, -0.15) is 0 Å². The number of aliphatic carboxylic acids is 2. The summed E-state index contributed by atoms with van der Waals surface area (Å²) >= 11 is 1.19. The number of Topliss-reactive ketones (excluding diaryl/α,β-unsaturated/α-hetero) is 1. The minimum absolute atomic E-state index is 0.0579. The van der Waals surface area contributed by atoms with Crippen molar-refractivity contribution in [3.8, 4) is 0 Å². The van der Waals surface area contributed by atoms with E-state index in [-0.39, 0.29) is 18.1 Å². The van der Waals surface area contributed by atoms with E-state index in [1.807, 2.05) is 0 Å². The van der Waals surface area contributed by atoms with Gasteiger partial charge >= 0.3 is 11.9 Å². The molecular formula is C10H14O5S. The number of carbonyl (C=O) groups excluding carboxylic acids is 1. The smallest absolute Gasteiger partial charge is 0.316 e. The number of thioether (sulfide) groups is 1. The first-order chi connectivity index (χ1) is 7.41. The molecule has 90 valence electrons. The lowest BCUT2D eigenvalue weighted by Gasteiger charge is -2.10. The number of hydrogen-bond acceptors (Lipinski definition) is 4. The van der Waals surface area contributed by atoms with Crippen molar-refractivity contribution >= 4 is 29.5 Å². The Kier molecular flexibility index (Phi) is 4.35. The number of carbonyl (C=O) groups is 3. The second kappa shape index (κ2) is 5.34. The minimum Gasteiger partial charge on any atom is -0.481 e. The SMILES string of the molecule is CC(SCC1CC(C(=O)O)CC1=O)C(=O)O. The van der Waals surface area contributed by atoms with Crippen LogP contribution in [0.5, 0.6) is 0 Å². The van der Waals surface area contributed by atoms with Gasteiger partial charge in [0.25, 0.3) is 0 Å². The average molecular weight is 246 g/mol. The standard InChI is InChI=1S/C10H14O5S/c1-5(9(12)13)16-4-7-2-6(10(14)15)3-8(7)11/h5-7H,2-4H2,1H3,(H,12,13)(H,14,15). The summed E-state index contributed by atoms with van der Waals surface area (Å²) in [6.45, 7) is 1.56. The van der Waals surface area contributed by atoms with Gasteiger partial charge in [0.1, 0.15) is 5.78 Å². The van der Waals surface area contributed by atoms with Crippen LogP contribution in [0.15, 0.2) is 0 Å². The minimum atomic E-state index is -0.938. The van der Waals surface area contributed by atoms with Crippen LogP contribution in [0.1, 0.15) is 19.8 Å². The molecule has 0 aromatic rings. The van der Waals surface area contributed by atoms with Crippen LogP contribution in [-0.4, -0.2) is 38.9 Å². The molecular weight excluding hydrogens is 232 g/mol. The number of ketones is 1. The highest BCUT2D eigenvalue weighted by Gasteiger charge is 2.36. The molecule has 1 fully saturated rings. The van der Waals surface area contributed by atoms with E-state index in [9.17, 15) is 14.4 Å². The number of hydrogen-bond donors (Lipinski definition) is 2. The molecule has 0 aromatic carbocycles. The molecule has 0 saturated heterocycles. The molecule has 1 aliphatic rings. The zero-order valence-electron chi connectivity index (χ0n) is 8.88. The van der Waals surface area contributed by atoms with Crippen LogP contribution in [0.25, 0.3) is 0 Å². The second-order valence-electron chi connectivity index (χ2n) is 3.95. The average Bonchev–Trinajstić information content (AvgIpc) is 2.56. The molecule has 1 aliphatic carbocycles. The first kappa shape index (κ1) is 13.0. The van der Waals surface area contributed by atoms with Gasteiger partial charge in [-0.05, 0) is 13.3 Å². The highest BCUT2D eigenvalue weighted by atomic mass is 32.2. The maximum absolute atomic E-state index is 11.4. The Morgan fingerprint density at radius 1 is 1.50 bits per heavy atom. The van der Waals surface area contributed by atoms with Crippen molar-refractivity contribution in [2.45, 2.75) is 25.0 Å². The van der Waals surface area contributed by atoms with Crippen molar-refractivity contribution in [2.24, 2.45) is 11.8 Å². The van der Waals surface area contributed by atoms with Crippen molar-refractivity contribution in [1.29, 1.82) is 0 Å². The molecule has 0 aliphatic heterocycles. The molecule has 2 N–H and O–H groups in total. The topological polar surface area (TPSA) is 91.7 Å². The summed E-state index contributed by atoms with van der Waals surface area (Å²) in [5, 5.41) is 16.9. The van der Waals surface area contributed by atoms with Crippen molar-refractivity contribution in [1.82, 2.24) is 0 Å². The Morgan fingerprint density at radius 2 is 2.12 bits per heavy atom. The van der Waals surface area contributed by atoms with Crippen LogP contribution >= 0.6 is 11.8 Å². The molecule has 3 unspecified atom stereocenters. The quantitative estimate of drug-likeness (QED) is 0.748. The van der Waals surface area contributed by atoms with Crippen LogP contribution in [-0.2, 0) is 14.4 Å². The fraction of sp³-hybridized carbons (Fsp3) is 0.700. The lowest BCUT2D eigenvalue weighted by atomic mass is 10.1. The van der Waals surface area contributed by atoms with E-state index in [1.165, 1.54) is 11.8 Å². The lowest BCUT2D eigenvalue weighted by Crippen LogP contribution is -2.16. The van der Waals surface area contributed by atoms with E-state index < -0.39 is 23.1 Å². The molecule has 16 heavy (non-hydrogen) atoms. The first-order valence-electron chi connectivity index (χ1n) is 5.01. The van der Waals surface area contributed by atoms with Crippen LogP contribution in [0.3, 0.4) is 0 Å². The molecule has 0 bridgehead atoms. The van der Waals surface area contributed by atoms with Gasteiger partial charge in [-0.1, -0.05) is 0 Å². The monoisotopic (exact) mass is 246 g/mol. The Morgan fingerprint density at radius 3 is 2.56 bits per heavy atom. The summed E-state index contributed by atoms with van der Waals surface area (Å²) in [6, 6.07) is 0. The molecule has 0 spiro atoms. The fourth-order valence-electron chi connectivity index (χ4n) is 1.65. The molecule has 0 amide bonds. The zero-order chi connectivity index (χ0) is 12.3. The highest BCUT2D eigenvalue weighted by Crippen LogP contribution is 2.31. The van der Waals surface area contributed by atoms with Crippen molar-refractivity contribution < 1.29 is 24.6 Å². The highest BCUT2D eigenvalue weighted by molar-refractivity contribution is 8.00. The molecule has 6 heteroatoms. The summed E-state index contributed by atoms with van der Waals surface area (Å²) in [6.07, 6.45) is 0.426. The van der Waals surface area contributed by atoms with Gasteiger partial charge in [0.15, 0.2) is 0 Å². The van der Waals surface area contributed by atoms with E-state index in [0.717, 1.165) is 0 Å². The third-order valence-electron chi connectivity index (χ3n) is 2.72. The molecule has 1 rings (SSSR count). The van der Waals surface area contributed by atoms with Gasteiger partial charge in [0, 0.05) is 18.1 Å². The summed E-state index contributed by atoms with van der Waals surface area (Å²) < 4.78 is 0. The zero-order valence-corrected chi connectivity index (χ0v) is 9.70. The molecule has 5 nitrogen and oxygen atoms in total. The van der Waals surface area contributed by atoms with Crippen molar-refractivity contribution in [3.63, 3.8) is 0 Å². The van der Waals surface area contributed by atoms with Gasteiger partial charge in [-0.15, -0.1) is 11.8 Å². The Labute approximate surface area is 97.2 Å². The Hall–Kier alpha value is -1.04. The van der Waals surface area contributed by atoms with Crippen LogP contribution in [0.2, 0.25) is 0 Å². The molecule has 0 aromatic heterocycles. The summed E-state index contributed by atoms with van der Waals surface area (Å²) in [5.74, 6) is -2.39. The molecule has 0 radical (unpaired) electrons. The van der Waals surface area contributed by atoms with E-state index >= 15 is 0 Å². The second-order valence-corrected chi connectivity index (χ2v) is 5.33. The Bertz CT molecular complexity index is 314. The summed E-state index contributed by atoms with van der Waals surface area (Å²) in [7, 11) is 0. The molecule has 3 atom stereocenters. The van der Waals surface area contributed by atoms with Crippen molar-refractivity contribution in [3.05, 3.63) is 0 Å². The van der Waals surface area contributed by atoms with Gasteiger partial charge in [-0.3, -0.25) is 14.4 Å². The molecule has 0 heterocycles. The maximum atomic E-state index is 11.4. The van der Waals surface area contributed by atoms with E-state index in [1.54, 1.807) is 6.92 Å². The van der Waals surface area contributed by atoms with Crippen LogP contribution < -0.4 is 0 Å². The third kappa shape index (κ3) is 3.23. The van der Waals surface area contributed by atoms with Crippen LogP contribution in [0, 0.1) is 11.8 Å². The predicted octanol–water partition coefficient (Wildman–Crippen LogP) is 0.873. The van der Waals surface area contributed by atoms with Crippen LogP contribution in [0.4, 0.5) is 0 Å². The number of carboxylic acid groups (broad SMARTS) is 2. The summed E-state index contributed by atoms with van der Waals surface area (Å²) in [4.78, 5) is 32.7. The van der Waals surface area contributed by atoms with E-state index in [4.69, 9.17) is 10.2 Å². The predicted molar refractivity (Wildman–Crippen MR) is 58.4 cm³/mol. The van der Waals surface area contributed by atoms with E-state index in [0.29, 0.717) is 12.2 Å². The van der Waals surface area contributed by atoms with Gasteiger partial charge in [0.05, 0.1) is 11.2 Å². The Balaban J connectivity index is 2.42. The number of rotatable bonds is 5.